The number of anilines is 1. The van der Waals surface area contributed by atoms with Gasteiger partial charge in [-0.05, 0) is 35.4 Å². The number of aromatic nitrogens is 3. The van der Waals surface area contributed by atoms with Gasteiger partial charge in [-0.15, -0.1) is 0 Å². The van der Waals surface area contributed by atoms with Crippen LogP contribution in [0.15, 0.2) is 47.1 Å². The maximum Gasteiger partial charge on any atom is 0.329 e. The fourth-order valence-electron chi connectivity index (χ4n) is 2.93. The largest absolute Gasteiger partial charge is 0.480 e. The van der Waals surface area contributed by atoms with Crippen molar-refractivity contribution in [2.75, 3.05) is 25.5 Å². The molecule has 3 heterocycles. The number of rotatable bonds is 7. The molecule has 0 aliphatic rings. The lowest BCUT2D eigenvalue weighted by atomic mass is 10.1. The van der Waals surface area contributed by atoms with Crippen LogP contribution in [0.5, 0.6) is 0 Å². The fraction of sp³-hybridized carbons (Fsp3) is 0.158. The van der Waals surface area contributed by atoms with Gasteiger partial charge in [0.1, 0.15) is 23.5 Å². The Labute approximate surface area is 163 Å². The van der Waals surface area contributed by atoms with Gasteiger partial charge >= 0.3 is 5.97 Å². The topological polar surface area (TPSA) is 145 Å². The number of hydrogen-bond donors (Lipinski definition) is 3. The van der Waals surface area contributed by atoms with Crippen molar-refractivity contribution in [3.05, 3.63) is 48.4 Å². The summed E-state index contributed by atoms with van der Waals surface area (Å²) < 4.78 is 11.9. The van der Waals surface area contributed by atoms with Gasteiger partial charge in [0.2, 0.25) is 0 Å². The molecule has 0 aliphatic heterocycles. The van der Waals surface area contributed by atoms with Crippen LogP contribution in [-0.2, 0) is 9.53 Å². The van der Waals surface area contributed by atoms with E-state index in [9.17, 15) is 9.59 Å². The van der Waals surface area contributed by atoms with Gasteiger partial charge in [-0.2, -0.15) is 4.98 Å². The number of pyridine rings is 1. The van der Waals surface area contributed by atoms with Crippen LogP contribution in [0.4, 0.5) is 6.01 Å². The predicted octanol–water partition coefficient (Wildman–Crippen LogP) is 1.56. The Balaban J connectivity index is 1.55. The summed E-state index contributed by atoms with van der Waals surface area (Å²) in [4.78, 5) is 31.3. The van der Waals surface area contributed by atoms with E-state index < -0.39 is 12.6 Å². The van der Waals surface area contributed by atoms with Gasteiger partial charge in [0, 0.05) is 12.7 Å². The maximum absolute atomic E-state index is 12.5. The van der Waals surface area contributed by atoms with E-state index in [1.807, 2.05) is 30.5 Å². The molecule has 4 aromatic rings. The second-order valence-electron chi connectivity index (χ2n) is 6.23. The molecule has 3 aromatic heterocycles. The molecule has 0 unspecified atom stereocenters. The normalized spacial score (nSPS) is 11.2. The van der Waals surface area contributed by atoms with Crippen LogP contribution in [-0.4, -0.2) is 51.1 Å². The molecule has 4 N–H and O–H groups in total. The predicted molar refractivity (Wildman–Crippen MR) is 103 cm³/mol. The van der Waals surface area contributed by atoms with E-state index in [0.717, 1.165) is 11.1 Å². The Kier molecular flexibility index (Phi) is 4.83. The van der Waals surface area contributed by atoms with Crippen LogP contribution in [0.25, 0.3) is 27.9 Å². The van der Waals surface area contributed by atoms with Gasteiger partial charge in [0.05, 0.1) is 12.8 Å². The van der Waals surface area contributed by atoms with Gasteiger partial charge < -0.3 is 25.3 Å². The quantitative estimate of drug-likeness (QED) is 0.400. The van der Waals surface area contributed by atoms with Gasteiger partial charge in [-0.1, -0.05) is 6.07 Å². The number of nitrogens with two attached hydrogens (primary N) is 1. The third-order valence-electron chi connectivity index (χ3n) is 4.23. The summed E-state index contributed by atoms with van der Waals surface area (Å²) in [5.74, 6) is -1.40. The van der Waals surface area contributed by atoms with E-state index in [0.29, 0.717) is 22.4 Å². The molecule has 0 saturated heterocycles. The first-order valence-electron chi connectivity index (χ1n) is 8.72. The number of benzene rings is 1. The van der Waals surface area contributed by atoms with Crippen LogP contribution in [0.2, 0.25) is 0 Å². The van der Waals surface area contributed by atoms with Crippen LogP contribution >= 0.6 is 0 Å². The standard InChI is InChI=1S/C19H17N5O5/c20-19-23-13-7-11(1-3-15(13)29-19)12-2-4-16-22-8-14(24(16)9-12)18(27)21-5-6-28-10-17(25)26/h1-4,7-9H,5-6,10H2,(H2,20,23)(H,21,27)(H,25,26). The minimum atomic E-state index is -1.06. The number of hydrogen-bond acceptors (Lipinski definition) is 7. The molecule has 4 rings (SSSR count). The molecule has 0 bridgehead atoms. The molecule has 0 spiro atoms. The summed E-state index contributed by atoms with van der Waals surface area (Å²) in [6.07, 6.45) is 3.29. The zero-order chi connectivity index (χ0) is 20.4. The lowest BCUT2D eigenvalue weighted by molar-refractivity contribution is -0.142. The Morgan fingerprint density at radius 1 is 1.24 bits per heavy atom. The zero-order valence-electron chi connectivity index (χ0n) is 15.2. The van der Waals surface area contributed by atoms with Crippen LogP contribution < -0.4 is 11.1 Å². The van der Waals surface area contributed by atoms with Crippen molar-refractivity contribution in [3.63, 3.8) is 0 Å². The average molecular weight is 395 g/mol. The second-order valence-corrected chi connectivity index (χ2v) is 6.23. The smallest absolute Gasteiger partial charge is 0.329 e. The summed E-state index contributed by atoms with van der Waals surface area (Å²) >= 11 is 0. The zero-order valence-corrected chi connectivity index (χ0v) is 15.2. The minimum Gasteiger partial charge on any atom is -0.480 e. The highest BCUT2D eigenvalue weighted by atomic mass is 16.5. The third-order valence-corrected chi connectivity index (χ3v) is 4.23. The number of amides is 1. The molecule has 0 aliphatic carbocycles. The lowest BCUT2D eigenvalue weighted by Crippen LogP contribution is -2.28. The highest BCUT2D eigenvalue weighted by Gasteiger charge is 2.13. The molecule has 0 saturated carbocycles. The van der Waals surface area contributed by atoms with Crippen molar-refractivity contribution in [2.45, 2.75) is 0 Å². The number of ether oxygens (including phenoxy) is 1. The van der Waals surface area contributed by atoms with Crippen molar-refractivity contribution in [2.24, 2.45) is 0 Å². The van der Waals surface area contributed by atoms with Crippen LogP contribution in [0, 0.1) is 0 Å². The Hall–Kier alpha value is -3.92. The number of nitrogens with zero attached hydrogens (tertiary/aromatic N) is 3. The molecular formula is C19H17N5O5. The first-order valence-corrected chi connectivity index (χ1v) is 8.72. The summed E-state index contributed by atoms with van der Waals surface area (Å²) in [5, 5.41) is 11.2. The first kappa shape index (κ1) is 18.4. The van der Waals surface area contributed by atoms with Crippen molar-refractivity contribution in [3.8, 4) is 11.1 Å². The molecule has 0 atom stereocenters. The fourth-order valence-corrected chi connectivity index (χ4v) is 2.93. The van der Waals surface area contributed by atoms with E-state index >= 15 is 0 Å². The Morgan fingerprint density at radius 3 is 2.90 bits per heavy atom. The molecule has 10 nitrogen and oxygen atoms in total. The van der Waals surface area contributed by atoms with Gasteiger partial charge in [0.25, 0.3) is 11.9 Å². The number of fused-ring (bicyclic) bond motifs is 2. The molecule has 0 radical (unpaired) electrons. The molecule has 148 valence electrons. The lowest BCUT2D eigenvalue weighted by Gasteiger charge is -2.07. The molecule has 1 aromatic carbocycles. The van der Waals surface area contributed by atoms with Crippen molar-refractivity contribution < 1.29 is 23.8 Å². The number of carboxylic acids is 1. The summed E-state index contributed by atoms with van der Waals surface area (Å²) in [5.41, 5.74) is 9.55. The van der Waals surface area contributed by atoms with Crippen molar-refractivity contribution in [1.82, 2.24) is 19.7 Å². The molecule has 1 amide bonds. The summed E-state index contributed by atoms with van der Waals surface area (Å²) in [6.45, 7) is -0.124. The van der Waals surface area contributed by atoms with Crippen molar-refractivity contribution in [1.29, 1.82) is 0 Å². The molecule has 29 heavy (non-hydrogen) atoms. The first-order chi connectivity index (χ1) is 14.0. The van der Waals surface area contributed by atoms with E-state index in [-0.39, 0.29) is 25.1 Å². The SMILES string of the molecule is Nc1nc2cc(-c3ccc4ncc(C(=O)NCCOCC(=O)O)n4c3)ccc2o1. The van der Waals surface area contributed by atoms with E-state index in [1.165, 1.54) is 6.20 Å². The van der Waals surface area contributed by atoms with Gasteiger partial charge in [0.15, 0.2) is 5.58 Å². The van der Waals surface area contributed by atoms with Gasteiger partial charge in [-0.25, -0.2) is 9.78 Å². The number of carbonyl (C=O) groups is 2. The maximum atomic E-state index is 12.5. The van der Waals surface area contributed by atoms with Crippen LogP contribution in [0.3, 0.4) is 0 Å². The highest BCUT2D eigenvalue weighted by Crippen LogP contribution is 2.26. The number of nitrogens with one attached hydrogen (secondary N) is 1. The Morgan fingerprint density at radius 2 is 2.07 bits per heavy atom. The number of carboxylic acid groups (broad SMARTS) is 1. The average Bonchev–Trinajstić information content (AvgIpc) is 3.28. The van der Waals surface area contributed by atoms with Crippen molar-refractivity contribution >= 4 is 34.6 Å². The molecular weight excluding hydrogens is 378 g/mol. The van der Waals surface area contributed by atoms with E-state index in [4.69, 9.17) is 20.0 Å². The molecule has 0 fully saturated rings. The van der Waals surface area contributed by atoms with E-state index in [1.54, 1.807) is 10.5 Å². The molecule has 10 heteroatoms. The highest BCUT2D eigenvalue weighted by molar-refractivity contribution is 5.93. The van der Waals surface area contributed by atoms with E-state index in [2.05, 4.69) is 15.3 Å². The Bertz CT molecular complexity index is 1210. The summed E-state index contributed by atoms with van der Waals surface area (Å²) in [7, 11) is 0. The monoisotopic (exact) mass is 395 g/mol. The third kappa shape index (κ3) is 3.87. The number of oxazole rings is 1. The second kappa shape index (κ2) is 7.60. The number of aliphatic carboxylic acids is 1. The van der Waals surface area contributed by atoms with Gasteiger partial charge in [-0.3, -0.25) is 9.20 Å². The number of carbonyl (C=O) groups excluding carboxylic acids is 1. The number of nitrogen functional groups attached to an aromatic ring is 1. The summed E-state index contributed by atoms with van der Waals surface area (Å²) in [6, 6.07) is 9.33. The van der Waals surface area contributed by atoms with Crippen LogP contribution in [0.1, 0.15) is 10.5 Å². The number of imidazole rings is 1. The minimum absolute atomic E-state index is 0.0981.